The fraction of sp³-hybridized carbons (Fsp3) is 0.133. The highest BCUT2D eigenvalue weighted by molar-refractivity contribution is 5.95. The molecular formula is C15H14N4O2. The van der Waals surface area contributed by atoms with Gasteiger partial charge in [0.2, 0.25) is 5.91 Å². The molecule has 1 heterocycles. The van der Waals surface area contributed by atoms with Gasteiger partial charge in [0.15, 0.2) is 0 Å². The van der Waals surface area contributed by atoms with Crippen molar-refractivity contribution in [3.8, 4) is 11.8 Å². The maximum Gasteiger partial charge on any atom is 0.230 e. The Balaban J connectivity index is 2.16. The minimum Gasteiger partial charge on any atom is -0.495 e. The average Bonchev–Trinajstić information content (AvgIpc) is 2.49. The summed E-state index contributed by atoms with van der Waals surface area (Å²) in [4.78, 5) is 16.1. The van der Waals surface area contributed by atoms with Gasteiger partial charge in [-0.15, -0.1) is 0 Å². The second-order valence-electron chi connectivity index (χ2n) is 4.30. The van der Waals surface area contributed by atoms with Crippen molar-refractivity contribution in [2.24, 2.45) is 0 Å². The van der Waals surface area contributed by atoms with E-state index in [1.807, 2.05) is 6.07 Å². The first-order valence-electron chi connectivity index (χ1n) is 6.21. The Morgan fingerprint density at radius 1 is 1.43 bits per heavy atom. The lowest BCUT2D eigenvalue weighted by atomic mass is 10.1. The summed E-state index contributed by atoms with van der Waals surface area (Å²) in [6.07, 6.45) is 1.58. The average molecular weight is 282 g/mol. The summed E-state index contributed by atoms with van der Waals surface area (Å²) in [5.74, 6) is 0.154. The van der Waals surface area contributed by atoms with Gasteiger partial charge in [0.1, 0.15) is 17.5 Å². The number of para-hydroxylation sites is 1. The largest absolute Gasteiger partial charge is 0.495 e. The van der Waals surface area contributed by atoms with Crippen molar-refractivity contribution in [1.29, 1.82) is 5.26 Å². The van der Waals surface area contributed by atoms with Gasteiger partial charge in [0.05, 0.1) is 31.0 Å². The number of ether oxygens (including phenoxy) is 1. The van der Waals surface area contributed by atoms with E-state index in [9.17, 15) is 4.79 Å². The number of hydrogen-bond acceptors (Lipinski definition) is 5. The molecule has 0 saturated carbocycles. The second-order valence-corrected chi connectivity index (χ2v) is 4.30. The summed E-state index contributed by atoms with van der Waals surface area (Å²) in [6.45, 7) is 0. The molecule has 0 fully saturated rings. The van der Waals surface area contributed by atoms with E-state index in [2.05, 4.69) is 10.3 Å². The summed E-state index contributed by atoms with van der Waals surface area (Å²) in [6, 6.07) is 10.4. The van der Waals surface area contributed by atoms with Gasteiger partial charge >= 0.3 is 0 Å². The molecule has 0 atom stereocenters. The highest BCUT2D eigenvalue weighted by atomic mass is 16.5. The quantitative estimate of drug-likeness (QED) is 0.889. The lowest BCUT2D eigenvalue weighted by molar-refractivity contribution is -0.115. The first-order valence-corrected chi connectivity index (χ1v) is 6.21. The third kappa shape index (κ3) is 3.48. The van der Waals surface area contributed by atoms with Crippen molar-refractivity contribution >= 4 is 17.3 Å². The fourth-order valence-corrected chi connectivity index (χ4v) is 1.81. The van der Waals surface area contributed by atoms with Gasteiger partial charge in [0.25, 0.3) is 0 Å². The Bertz CT molecular complexity index is 690. The molecule has 0 aliphatic rings. The Labute approximate surface area is 122 Å². The summed E-state index contributed by atoms with van der Waals surface area (Å²) in [7, 11) is 1.48. The van der Waals surface area contributed by atoms with Gasteiger partial charge in [-0.25, -0.2) is 0 Å². The number of nitrogen functional groups attached to an aromatic ring is 1. The zero-order chi connectivity index (χ0) is 15.2. The van der Waals surface area contributed by atoms with Crippen LogP contribution in [0.4, 0.5) is 11.4 Å². The molecule has 1 aromatic carbocycles. The molecule has 0 unspecified atom stereocenters. The number of methoxy groups -OCH3 is 1. The van der Waals surface area contributed by atoms with E-state index in [1.54, 1.807) is 30.3 Å². The minimum absolute atomic E-state index is 0.0865. The zero-order valence-corrected chi connectivity index (χ0v) is 11.5. The first kappa shape index (κ1) is 14.3. The third-order valence-corrected chi connectivity index (χ3v) is 2.82. The van der Waals surface area contributed by atoms with Crippen molar-refractivity contribution in [3.63, 3.8) is 0 Å². The van der Waals surface area contributed by atoms with E-state index < -0.39 is 0 Å². The Morgan fingerprint density at radius 2 is 2.24 bits per heavy atom. The van der Waals surface area contributed by atoms with E-state index in [1.165, 1.54) is 13.3 Å². The number of aromatic nitrogens is 1. The molecule has 0 spiro atoms. The molecule has 1 amide bonds. The van der Waals surface area contributed by atoms with Crippen LogP contribution < -0.4 is 15.8 Å². The van der Waals surface area contributed by atoms with Crippen molar-refractivity contribution in [3.05, 3.63) is 47.8 Å². The van der Waals surface area contributed by atoms with Crippen LogP contribution in [0.25, 0.3) is 0 Å². The molecule has 0 saturated heterocycles. The Kier molecular flexibility index (Phi) is 4.36. The van der Waals surface area contributed by atoms with Crippen molar-refractivity contribution in [2.45, 2.75) is 6.42 Å². The molecule has 0 aliphatic carbocycles. The minimum atomic E-state index is -0.284. The summed E-state index contributed by atoms with van der Waals surface area (Å²) < 4.78 is 5.16. The highest BCUT2D eigenvalue weighted by Crippen LogP contribution is 2.27. The van der Waals surface area contributed by atoms with Crippen LogP contribution in [0, 0.1) is 11.3 Å². The van der Waals surface area contributed by atoms with E-state index in [0.29, 0.717) is 28.4 Å². The zero-order valence-electron chi connectivity index (χ0n) is 11.5. The molecule has 2 aromatic rings. The van der Waals surface area contributed by atoms with E-state index in [4.69, 9.17) is 15.7 Å². The molecule has 1 aromatic heterocycles. The molecule has 2 rings (SSSR count). The molecular weight excluding hydrogens is 268 g/mol. The first-order chi connectivity index (χ1) is 10.1. The van der Waals surface area contributed by atoms with Crippen LogP contribution in [0.3, 0.4) is 0 Å². The molecule has 0 aliphatic heterocycles. The summed E-state index contributed by atoms with van der Waals surface area (Å²) in [5.41, 5.74) is 7.38. The van der Waals surface area contributed by atoms with Crippen LogP contribution in [0.2, 0.25) is 0 Å². The summed E-state index contributed by atoms with van der Waals surface area (Å²) >= 11 is 0. The maximum atomic E-state index is 12.1. The number of nitrogens with zero attached hydrogens (tertiary/aromatic N) is 2. The molecule has 21 heavy (non-hydrogen) atoms. The highest BCUT2D eigenvalue weighted by Gasteiger charge is 2.13. The third-order valence-electron chi connectivity index (χ3n) is 2.82. The number of nitriles is 1. The Hall–Kier alpha value is -3.07. The van der Waals surface area contributed by atoms with Crippen LogP contribution in [0.1, 0.15) is 11.3 Å². The van der Waals surface area contributed by atoms with E-state index in [-0.39, 0.29) is 12.3 Å². The normalized spacial score (nSPS) is 9.71. The predicted octanol–water partition coefficient (Wildman–Crippen LogP) is 1.73. The number of amides is 1. The van der Waals surface area contributed by atoms with Crippen LogP contribution in [-0.4, -0.2) is 18.0 Å². The lowest BCUT2D eigenvalue weighted by Crippen LogP contribution is -2.16. The molecule has 6 heteroatoms. The maximum absolute atomic E-state index is 12.1. The van der Waals surface area contributed by atoms with Crippen LogP contribution >= 0.6 is 0 Å². The van der Waals surface area contributed by atoms with Gasteiger partial charge in [-0.1, -0.05) is 6.07 Å². The lowest BCUT2D eigenvalue weighted by Gasteiger charge is -2.11. The smallest absolute Gasteiger partial charge is 0.230 e. The second kappa shape index (κ2) is 6.39. The SMILES string of the molecule is COc1cccc(C#N)c1NC(=O)Cc1ccc(N)cn1. The Morgan fingerprint density at radius 3 is 2.86 bits per heavy atom. The number of anilines is 2. The number of pyridine rings is 1. The number of carbonyl (C=O) groups excluding carboxylic acids is 1. The number of carbonyl (C=O) groups is 1. The standard InChI is InChI=1S/C15H14N4O2/c1-21-13-4-2-3-10(8-16)15(13)19-14(20)7-12-6-5-11(17)9-18-12/h2-6,9H,7,17H2,1H3,(H,19,20). The van der Waals surface area contributed by atoms with E-state index in [0.717, 1.165) is 0 Å². The fourth-order valence-electron chi connectivity index (χ4n) is 1.81. The number of nitrogens with one attached hydrogen (secondary N) is 1. The number of hydrogen-bond donors (Lipinski definition) is 2. The molecule has 106 valence electrons. The number of nitrogens with two attached hydrogens (primary N) is 1. The predicted molar refractivity (Wildman–Crippen MR) is 78.7 cm³/mol. The van der Waals surface area contributed by atoms with Crippen molar-refractivity contribution in [1.82, 2.24) is 4.98 Å². The van der Waals surface area contributed by atoms with Gasteiger partial charge in [-0.2, -0.15) is 5.26 Å². The van der Waals surface area contributed by atoms with Gasteiger partial charge < -0.3 is 15.8 Å². The molecule has 6 nitrogen and oxygen atoms in total. The molecule has 3 N–H and O–H groups in total. The van der Waals surface area contributed by atoms with Gasteiger partial charge in [-0.05, 0) is 24.3 Å². The topological polar surface area (TPSA) is 101 Å². The van der Waals surface area contributed by atoms with Crippen LogP contribution in [-0.2, 0) is 11.2 Å². The van der Waals surface area contributed by atoms with Crippen molar-refractivity contribution in [2.75, 3.05) is 18.2 Å². The number of rotatable bonds is 4. The monoisotopic (exact) mass is 282 g/mol. The van der Waals surface area contributed by atoms with Crippen molar-refractivity contribution < 1.29 is 9.53 Å². The van der Waals surface area contributed by atoms with E-state index >= 15 is 0 Å². The molecule has 0 bridgehead atoms. The van der Waals surface area contributed by atoms with Crippen LogP contribution in [0.15, 0.2) is 36.5 Å². The number of benzene rings is 1. The van der Waals surface area contributed by atoms with Crippen LogP contribution in [0.5, 0.6) is 5.75 Å². The summed E-state index contributed by atoms with van der Waals surface area (Å²) in [5, 5.41) is 11.8. The molecule has 0 radical (unpaired) electrons. The van der Waals surface area contributed by atoms with Gasteiger partial charge in [0, 0.05) is 5.69 Å². The van der Waals surface area contributed by atoms with Gasteiger partial charge in [-0.3, -0.25) is 9.78 Å².